The lowest BCUT2D eigenvalue weighted by molar-refractivity contribution is -0.0494. The third kappa shape index (κ3) is 5.19. The number of methoxy groups -OCH3 is 1. The smallest absolute Gasteiger partial charge is 0.387 e. The molecule has 5 rings (SSSR count). The molecule has 5 aromatic rings. The summed E-state index contributed by atoms with van der Waals surface area (Å²) < 4.78 is 38.0. The van der Waals surface area contributed by atoms with Crippen LogP contribution in [0.2, 0.25) is 5.02 Å². The van der Waals surface area contributed by atoms with E-state index in [9.17, 15) is 13.6 Å². The topological polar surface area (TPSA) is 95.2 Å². The minimum atomic E-state index is -3.06. The van der Waals surface area contributed by atoms with E-state index in [0.717, 1.165) is 11.1 Å². The summed E-state index contributed by atoms with van der Waals surface area (Å²) in [5.41, 5.74) is 9.03. The Labute approximate surface area is 221 Å². The first-order chi connectivity index (χ1) is 18.3. The Morgan fingerprint density at radius 1 is 1.03 bits per heavy atom. The van der Waals surface area contributed by atoms with Crippen LogP contribution >= 0.6 is 11.6 Å². The summed E-state index contributed by atoms with van der Waals surface area (Å²) in [5, 5.41) is 0.288. The van der Waals surface area contributed by atoms with Gasteiger partial charge >= 0.3 is 6.61 Å². The minimum Gasteiger partial charge on any atom is -0.495 e. The predicted molar refractivity (Wildman–Crippen MR) is 143 cm³/mol. The number of hydrogen-bond acceptors (Lipinski definition) is 5. The van der Waals surface area contributed by atoms with Crippen LogP contribution in [0, 0.1) is 0 Å². The number of anilines is 1. The van der Waals surface area contributed by atoms with Gasteiger partial charge in [-0.1, -0.05) is 41.9 Å². The molecule has 0 aliphatic rings. The summed E-state index contributed by atoms with van der Waals surface area (Å²) in [7, 11) is 1.43. The Hall–Kier alpha value is -4.37. The fraction of sp³-hybridized carbons (Fsp3) is 0.143. The zero-order valence-corrected chi connectivity index (χ0v) is 21.0. The first kappa shape index (κ1) is 25.3. The molecule has 0 aliphatic heterocycles. The Balaban J connectivity index is 1.67. The molecule has 10 heteroatoms. The summed E-state index contributed by atoms with van der Waals surface area (Å²) in [5.74, 6) is 0.691. The van der Waals surface area contributed by atoms with Crippen LogP contribution in [-0.4, -0.2) is 28.3 Å². The van der Waals surface area contributed by atoms with Crippen molar-refractivity contribution < 1.29 is 18.3 Å². The summed E-state index contributed by atoms with van der Waals surface area (Å²) >= 11 is 6.15. The maximum Gasteiger partial charge on any atom is 0.387 e. The van der Waals surface area contributed by atoms with Crippen LogP contribution in [-0.2, 0) is 6.42 Å². The van der Waals surface area contributed by atoms with Crippen LogP contribution in [0.4, 0.5) is 14.5 Å². The van der Waals surface area contributed by atoms with Crippen molar-refractivity contribution >= 4 is 28.3 Å². The number of hydrogen-bond donors (Lipinski definition) is 2. The van der Waals surface area contributed by atoms with Crippen molar-refractivity contribution in [3.05, 3.63) is 106 Å². The molecule has 0 amide bonds. The monoisotopic (exact) mass is 536 g/mol. The highest BCUT2D eigenvalue weighted by Crippen LogP contribution is 2.38. The van der Waals surface area contributed by atoms with Gasteiger partial charge in [-0.2, -0.15) is 8.78 Å². The van der Waals surface area contributed by atoms with Gasteiger partial charge in [-0.25, -0.2) is 4.98 Å². The van der Waals surface area contributed by atoms with Crippen molar-refractivity contribution in [1.82, 2.24) is 14.5 Å². The van der Waals surface area contributed by atoms with Gasteiger partial charge < -0.3 is 24.8 Å². The highest BCUT2D eigenvalue weighted by Gasteiger charge is 2.24. The normalized spacial score (nSPS) is 12.1. The molecule has 1 unspecified atom stereocenters. The zero-order chi connectivity index (χ0) is 26.8. The number of nitrogen functional groups attached to an aromatic ring is 1. The summed E-state index contributed by atoms with van der Waals surface area (Å²) in [6, 6.07) is 20.0. The van der Waals surface area contributed by atoms with Crippen LogP contribution < -0.4 is 20.8 Å². The maximum absolute atomic E-state index is 13.6. The van der Waals surface area contributed by atoms with E-state index in [2.05, 4.69) is 9.72 Å². The van der Waals surface area contributed by atoms with E-state index in [-0.39, 0.29) is 27.6 Å². The molecular formula is C28H23ClF2N4O3. The van der Waals surface area contributed by atoms with Crippen molar-refractivity contribution in [1.29, 1.82) is 0 Å². The Morgan fingerprint density at radius 2 is 1.79 bits per heavy atom. The van der Waals surface area contributed by atoms with Gasteiger partial charge in [0.1, 0.15) is 17.3 Å². The highest BCUT2D eigenvalue weighted by molar-refractivity contribution is 6.31. The third-order valence-corrected chi connectivity index (χ3v) is 6.39. The van der Waals surface area contributed by atoms with Crippen LogP contribution in [0.25, 0.3) is 22.2 Å². The SMILES string of the molecule is COc1cn(C(Cc2ccccc2)c2nc3ccc(N)cc3[nH]2)c(=O)cc1-c1cc(Cl)ccc1OC(F)F. The largest absolute Gasteiger partial charge is 0.495 e. The molecule has 0 spiro atoms. The van der Waals surface area contributed by atoms with E-state index in [1.807, 2.05) is 30.3 Å². The second kappa shape index (κ2) is 10.5. The average Bonchev–Trinajstić information content (AvgIpc) is 3.31. The lowest BCUT2D eigenvalue weighted by Crippen LogP contribution is -2.27. The number of nitrogens with zero attached hydrogens (tertiary/aromatic N) is 2. The summed E-state index contributed by atoms with van der Waals surface area (Å²) in [4.78, 5) is 21.6. The number of benzene rings is 3. The van der Waals surface area contributed by atoms with E-state index >= 15 is 0 Å². The number of nitrogens with one attached hydrogen (secondary N) is 1. The van der Waals surface area contributed by atoms with Gasteiger partial charge in [-0.15, -0.1) is 0 Å². The van der Waals surface area contributed by atoms with Gasteiger partial charge in [0.25, 0.3) is 5.56 Å². The number of imidazole rings is 1. The number of aromatic amines is 1. The second-order valence-corrected chi connectivity index (χ2v) is 9.06. The number of H-pyrrole nitrogens is 1. The first-order valence-electron chi connectivity index (χ1n) is 11.7. The molecule has 0 aliphatic carbocycles. The number of alkyl halides is 2. The molecule has 0 fully saturated rings. The molecule has 194 valence electrons. The van der Waals surface area contributed by atoms with Gasteiger partial charge in [-0.3, -0.25) is 4.79 Å². The number of halogens is 3. The van der Waals surface area contributed by atoms with Gasteiger partial charge in [0.05, 0.1) is 30.4 Å². The van der Waals surface area contributed by atoms with E-state index in [1.54, 1.807) is 24.4 Å². The van der Waals surface area contributed by atoms with Crippen molar-refractivity contribution in [3.8, 4) is 22.6 Å². The molecule has 3 aromatic carbocycles. The van der Waals surface area contributed by atoms with Crippen molar-refractivity contribution in [2.45, 2.75) is 19.1 Å². The summed E-state index contributed by atoms with van der Waals surface area (Å²) in [6.07, 6.45) is 1.98. The maximum atomic E-state index is 13.6. The number of nitrogens with two attached hydrogens (primary N) is 1. The third-order valence-electron chi connectivity index (χ3n) is 6.16. The molecule has 0 radical (unpaired) electrons. The molecule has 38 heavy (non-hydrogen) atoms. The molecule has 0 saturated carbocycles. The van der Waals surface area contributed by atoms with Crippen molar-refractivity contribution in [2.24, 2.45) is 0 Å². The van der Waals surface area contributed by atoms with Crippen LogP contribution in [0.5, 0.6) is 11.5 Å². The first-order valence-corrected chi connectivity index (χ1v) is 12.0. The van der Waals surface area contributed by atoms with Gasteiger partial charge in [0, 0.05) is 34.3 Å². The van der Waals surface area contributed by atoms with Crippen LogP contribution in [0.3, 0.4) is 0 Å². The number of ether oxygens (including phenoxy) is 2. The Kier molecular flexibility index (Phi) is 7.02. The van der Waals surface area contributed by atoms with Crippen LogP contribution in [0.15, 0.2) is 83.8 Å². The van der Waals surface area contributed by atoms with E-state index in [1.165, 1.54) is 35.9 Å². The van der Waals surface area contributed by atoms with E-state index in [0.29, 0.717) is 23.4 Å². The van der Waals surface area contributed by atoms with Crippen LogP contribution in [0.1, 0.15) is 17.4 Å². The molecular weight excluding hydrogens is 514 g/mol. The number of pyridine rings is 1. The fourth-order valence-corrected chi connectivity index (χ4v) is 4.60. The molecule has 2 heterocycles. The average molecular weight is 537 g/mol. The number of fused-ring (bicyclic) bond motifs is 1. The molecule has 3 N–H and O–H groups in total. The quantitative estimate of drug-likeness (QED) is 0.235. The minimum absolute atomic E-state index is 0.129. The zero-order valence-electron chi connectivity index (χ0n) is 20.2. The standard InChI is InChI=1S/C28H23ClF2N4O3/c1-37-25-15-35(26(36)14-20(25)19-12-17(29)7-10-24(19)38-28(30)31)23(11-16-5-3-2-4-6-16)27-33-21-9-8-18(32)13-22(21)34-27/h2-10,12-15,23,28H,11,32H2,1H3,(H,33,34). The van der Waals surface area contributed by atoms with E-state index in [4.69, 9.17) is 27.1 Å². The molecule has 0 bridgehead atoms. The predicted octanol–water partition coefficient (Wildman–Crippen LogP) is 6.07. The van der Waals surface area contributed by atoms with Gasteiger partial charge in [0.15, 0.2) is 0 Å². The Bertz CT molecular complexity index is 1650. The molecule has 1 atom stereocenters. The molecule has 2 aromatic heterocycles. The van der Waals surface area contributed by atoms with Crippen molar-refractivity contribution in [3.63, 3.8) is 0 Å². The summed E-state index contributed by atoms with van der Waals surface area (Å²) in [6.45, 7) is -3.06. The lowest BCUT2D eigenvalue weighted by atomic mass is 10.0. The lowest BCUT2D eigenvalue weighted by Gasteiger charge is -2.21. The highest BCUT2D eigenvalue weighted by atomic mass is 35.5. The van der Waals surface area contributed by atoms with E-state index < -0.39 is 18.2 Å². The number of aromatic nitrogens is 3. The molecule has 0 saturated heterocycles. The second-order valence-electron chi connectivity index (χ2n) is 8.62. The number of rotatable bonds is 8. The fourth-order valence-electron chi connectivity index (χ4n) is 4.43. The van der Waals surface area contributed by atoms with Gasteiger partial charge in [-0.05, 0) is 42.0 Å². The molecule has 7 nitrogen and oxygen atoms in total. The Morgan fingerprint density at radius 3 is 2.53 bits per heavy atom. The van der Waals surface area contributed by atoms with Crippen molar-refractivity contribution in [2.75, 3.05) is 12.8 Å². The van der Waals surface area contributed by atoms with Gasteiger partial charge in [0.2, 0.25) is 0 Å².